The highest BCUT2D eigenvalue weighted by Gasteiger charge is 2.29. The minimum atomic E-state index is -0.172. The number of aromatic nitrogens is 1. The second-order valence-corrected chi connectivity index (χ2v) is 7.22. The van der Waals surface area contributed by atoms with Gasteiger partial charge in [0.05, 0.1) is 11.7 Å². The number of carbonyl (C=O) groups excluding carboxylic acids is 1. The number of Topliss-reactive ketones (excluding diaryl/α,β-unsaturated/α-hetero) is 1. The van der Waals surface area contributed by atoms with Crippen molar-refractivity contribution in [3.05, 3.63) is 59.8 Å². The molecule has 0 aliphatic carbocycles. The smallest absolute Gasteiger partial charge is 0.182 e. The van der Waals surface area contributed by atoms with Crippen molar-refractivity contribution >= 4 is 22.4 Å². The number of H-pyrrole nitrogens is 1. The van der Waals surface area contributed by atoms with E-state index in [1.54, 1.807) is 6.07 Å². The van der Waals surface area contributed by atoms with Crippen molar-refractivity contribution in [2.75, 3.05) is 31.1 Å². The van der Waals surface area contributed by atoms with Crippen LogP contribution in [0.2, 0.25) is 0 Å². The van der Waals surface area contributed by atoms with E-state index >= 15 is 0 Å². The predicted octanol–water partition coefficient (Wildman–Crippen LogP) is 3.58. The molecule has 5 heteroatoms. The number of aryl methyl sites for hydroxylation is 1. The summed E-state index contributed by atoms with van der Waals surface area (Å²) in [7, 11) is 0. The molecule has 1 aromatic heterocycles. The van der Waals surface area contributed by atoms with Crippen molar-refractivity contribution in [2.45, 2.75) is 19.9 Å². The van der Waals surface area contributed by atoms with Crippen LogP contribution in [0.1, 0.15) is 23.0 Å². The number of carbonyl (C=O) groups is 1. The normalized spacial score (nSPS) is 16.6. The number of benzene rings is 2. The first-order valence-electron chi connectivity index (χ1n) is 9.45. The molecule has 1 fully saturated rings. The molecule has 27 heavy (non-hydrogen) atoms. The van der Waals surface area contributed by atoms with Crippen LogP contribution in [0.5, 0.6) is 5.75 Å². The Labute approximate surface area is 159 Å². The number of para-hydroxylation sites is 3. The lowest BCUT2D eigenvalue weighted by molar-refractivity contribution is 0.0831. The van der Waals surface area contributed by atoms with E-state index in [0.29, 0.717) is 5.75 Å². The van der Waals surface area contributed by atoms with Crippen molar-refractivity contribution in [3.8, 4) is 5.75 Å². The van der Waals surface area contributed by atoms with E-state index < -0.39 is 0 Å². The van der Waals surface area contributed by atoms with Crippen LogP contribution in [-0.2, 0) is 0 Å². The molecule has 2 aromatic carbocycles. The van der Waals surface area contributed by atoms with E-state index in [0.717, 1.165) is 54.0 Å². The van der Waals surface area contributed by atoms with Gasteiger partial charge in [-0.2, -0.15) is 0 Å². The number of aromatic amines is 1. The molecule has 1 aliphatic rings. The molecule has 1 aliphatic heterocycles. The van der Waals surface area contributed by atoms with Gasteiger partial charge >= 0.3 is 0 Å². The lowest BCUT2D eigenvalue weighted by atomic mass is 10.0. The Morgan fingerprint density at radius 3 is 2.44 bits per heavy atom. The first kappa shape index (κ1) is 17.6. The zero-order valence-corrected chi connectivity index (χ0v) is 15.8. The van der Waals surface area contributed by atoms with Crippen LogP contribution < -0.4 is 4.90 Å². The van der Waals surface area contributed by atoms with E-state index in [9.17, 15) is 9.90 Å². The summed E-state index contributed by atoms with van der Waals surface area (Å²) < 4.78 is 0. The number of fused-ring (bicyclic) bond motifs is 1. The van der Waals surface area contributed by atoms with Gasteiger partial charge in [0.15, 0.2) is 5.78 Å². The van der Waals surface area contributed by atoms with E-state index in [-0.39, 0.29) is 11.8 Å². The third-order valence-corrected chi connectivity index (χ3v) is 5.60. The van der Waals surface area contributed by atoms with Crippen LogP contribution in [0.15, 0.2) is 48.5 Å². The fraction of sp³-hybridized carbons (Fsp3) is 0.318. The van der Waals surface area contributed by atoms with Crippen LogP contribution in [0.25, 0.3) is 10.9 Å². The number of aromatic hydroxyl groups is 1. The van der Waals surface area contributed by atoms with Crippen LogP contribution in [0.3, 0.4) is 0 Å². The standard InChI is InChI=1S/C22H25N3O2/c1-15-21(17-7-3-4-8-18(17)23-15)22(27)16(2)24-11-13-25(14-12-24)19-9-5-6-10-20(19)26/h3-10,16,23,26H,11-14H2,1-2H3. The Hall–Kier alpha value is -2.79. The molecule has 3 aromatic rings. The van der Waals surface area contributed by atoms with Gasteiger partial charge in [-0.3, -0.25) is 9.69 Å². The number of phenols is 1. The fourth-order valence-corrected chi connectivity index (χ4v) is 4.05. The van der Waals surface area contributed by atoms with Crippen molar-refractivity contribution in [3.63, 3.8) is 0 Å². The first-order valence-corrected chi connectivity index (χ1v) is 9.45. The number of nitrogens with one attached hydrogen (secondary N) is 1. The average Bonchev–Trinajstić information content (AvgIpc) is 3.03. The Morgan fingerprint density at radius 2 is 1.70 bits per heavy atom. The topological polar surface area (TPSA) is 59.6 Å². The molecular weight excluding hydrogens is 338 g/mol. The number of piperazine rings is 1. The van der Waals surface area contributed by atoms with Crippen molar-refractivity contribution in [1.29, 1.82) is 0 Å². The number of anilines is 1. The molecule has 2 heterocycles. The highest BCUT2D eigenvalue weighted by Crippen LogP contribution is 2.28. The molecule has 1 unspecified atom stereocenters. The highest BCUT2D eigenvalue weighted by atomic mass is 16.3. The van der Waals surface area contributed by atoms with Gasteiger partial charge in [0.1, 0.15) is 5.75 Å². The van der Waals surface area contributed by atoms with Crippen molar-refractivity contribution in [2.24, 2.45) is 0 Å². The minimum absolute atomic E-state index is 0.168. The summed E-state index contributed by atoms with van der Waals surface area (Å²) in [5.41, 5.74) is 3.61. The molecule has 0 spiro atoms. The summed E-state index contributed by atoms with van der Waals surface area (Å²) >= 11 is 0. The molecule has 1 atom stereocenters. The lowest BCUT2D eigenvalue weighted by Gasteiger charge is -2.38. The molecule has 0 radical (unpaired) electrons. The largest absolute Gasteiger partial charge is 0.506 e. The zero-order chi connectivity index (χ0) is 19.0. The Balaban J connectivity index is 1.49. The summed E-state index contributed by atoms with van der Waals surface area (Å²) in [6, 6.07) is 15.2. The van der Waals surface area contributed by atoms with Gasteiger partial charge in [0, 0.05) is 48.3 Å². The van der Waals surface area contributed by atoms with E-state index in [2.05, 4.69) is 14.8 Å². The third kappa shape index (κ3) is 3.19. The quantitative estimate of drug-likeness (QED) is 0.696. The van der Waals surface area contributed by atoms with Crippen molar-refractivity contribution in [1.82, 2.24) is 9.88 Å². The number of nitrogens with zero attached hydrogens (tertiary/aromatic N) is 2. The van der Waals surface area contributed by atoms with Crippen LogP contribution in [-0.4, -0.2) is 53.0 Å². The van der Waals surface area contributed by atoms with Crippen LogP contribution >= 0.6 is 0 Å². The van der Waals surface area contributed by atoms with Gasteiger partial charge in [-0.1, -0.05) is 30.3 Å². The second-order valence-electron chi connectivity index (χ2n) is 7.22. The van der Waals surface area contributed by atoms with Crippen LogP contribution in [0.4, 0.5) is 5.69 Å². The molecule has 5 nitrogen and oxygen atoms in total. The molecule has 1 saturated heterocycles. The number of ketones is 1. The van der Waals surface area contributed by atoms with Crippen LogP contribution in [0, 0.1) is 6.92 Å². The third-order valence-electron chi connectivity index (χ3n) is 5.60. The fourth-order valence-electron chi connectivity index (χ4n) is 4.05. The Bertz CT molecular complexity index is 971. The summed E-state index contributed by atoms with van der Waals surface area (Å²) in [6.07, 6.45) is 0. The minimum Gasteiger partial charge on any atom is -0.506 e. The SMILES string of the molecule is Cc1[nH]c2ccccc2c1C(=O)C(C)N1CCN(c2ccccc2O)CC1. The molecule has 0 saturated carbocycles. The molecule has 2 N–H and O–H groups in total. The second kappa shape index (κ2) is 7.08. The van der Waals surface area contributed by atoms with E-state index in [1.807, 2.05) is 56.3 Å². The van der Waals surface area contributed by atoms with E-state index in [4.69, 9.17) is 0 Å². The number of hydrogen-bond acceptors (Lipinski definition) is 4. The van der Waals surface area contributed by atoms with Crippen molar-refractivity contribution < 1.29 is 9.90 Å². The van der Waals surface area contributed by atoms with E-state index in [1.165, 1.54) is 0 Å². The number of rotatable bonds is 4. The average molecular weight is 363 g/mol. The number of phenolic OH excluding ortho intramolecular Hbond substituents is 1. The first-order chi connectivity index (χ1) is 13.1. The highest BCUT2D eigenvalue weighted by molar-refractivity contribution is 6.11. The molecule has 4 rings (SSSR count). The summed E-state index contributed by atoms with van der Waals surface area (Å²) in [6.45, 7) is 7.14. The summed E-state index contributed by atoms with van der Waals surface area (Å²) in [4.78, 5) is 21.0. The monoisotopic (exact) mass is 363 g/mol. The maximum absolute atomic E-state index is 13.2. The Morgan fingerprint density at radius 1 is 1.04 bits per heavy atom. The molecule has 0 bridgehead atoms. The van der Waals surface area contributed by atoms with Gasteiger partial charge in [-0.05, 0) is 32.0 Å². The molecule has 0 amide bonds. The van der Waals surface area contributed by atoms with Gasteiger partial charge in [-0.25, -0.2) is 0 Å². The molecule has 140 valence electrons. The van der Waals surface area contributed by atoms with Gasteiger partial charge in [0.2, 0.25) is 0 Å². The Kier molecular flexibility index (Phi) is 4.62. The maximum Gasteiger partial charge on any atom is 0.182 e. The summed E-state index contributed by atoms with van der Waals surface area (Å²) in [5, 5.41) is 11.1. The predicted molar refractivity (Wildman–Crippen MR) is 109 cm³/mol. The maximum atomic E-state index is 13.2. The van der Waals surface area contributed by atoms with Gasteiger partial charge in [-0.15, -0.1) is 0 Å². The van der Waals surface area contributed by atoms with Gasteiger partial charge < -0.3 is 15.0 Å². The zero-order valence-electron chi connectivity index (χ0n) is 15.8. The number of hydrogen-bond donors (Lipinski definition) is 2. The molecular formula is C22H25N3O2. The van der Waals surface area contributed by atoms with Gasteiger partial charge in [0.25, 0.3) is 0 Å². The lowest BCUT2D eigenvalue weighted by Crippen LogP contribution is -2.51. The summed E-state index contributed by atoms with van der Waals surface area (Å²) in [5.74, 6) is 0.477.